The maximum Gasteiger partial charge on any atom is 0.416 e. The average molecular weight is 309 g/mol. The van der Waals surface area contributed by atoms with E-state index in [1.54, 1.807) is 18.2 Å². The molecule has 0 aliphatic rings. The lowest BCUT2D eigenvalue weighted by molar-refractivity contribution is -0.137. The van der Waals surface area contributed by atoms with Crippen molar-refractivity contribution in [3.05, 3.63) is 42.0 Å². The molecule has 4 N–H and O–H groups in total. The maximum atomic E-state index is 12.7. The fourth-order valence-corrected chi connectivity index (χ4v) is 2.96. The third-order valence-electron chi connectivity index (χ3n) is 2.94. The lowest BCUT2D eigenvalue weighted by Crippen LogP contribution is -2.03. The number of thiazole rings is 1. The molecule has 21 heavy (non-hydrogen) atoms. The summed E-state index contributed by atoms with van der Waals surface area (Å²) in [6, 6.07) is 8.52. The minimum Gasteiger partial charge on any atom is -0.399 e. The van der Waals surface area contributed by atoms with E-state index in [0.717, 1.165) is 12.1 Å². The highest BCUT2D eigenvalue weighted by Gasteiger charge is 2.30. The van der Waals surface area contributed by atoms with E-state index < -0.39 is 11.7 Å². The lowest BCUT2D eigenvalue weighted by Gasteiger charge is -2.04. The predicted molar refractivity (Wildman–Crippen MR) is 78.9 cm³/mol. The SMILES string of the molecule is Nc1cc(N)cc(-c2nc3cc(C(F)(F)F)ccc3s2)c1. The number of fused-ring (bicyclic) bond motifs is 1. The number of hydrogen-bond acceptors (Lipinski definition) is 4. The van der Waals surface area contributed by atoms with E-state index in [0.29, 0.717) is 32.2 Å². The second kappa shape index (κ2) is 4.63. The van der Waals surface area contributed by atoms with Crippen molar-refractivity contribution in [1.82, 2.24) is 4.98 Å². The zero-order valence-corrected chi connectivity index (χ0v) is 11.4. The summed E-state index contributed by atoms with van der Waals surface area (Å²) in [6.07, 6.45) is -4.38. The van der Waals surface area contributed by atoms with Crippen LogP contribution in [-0.4, -0.2) is 4.98 Å². The van der Waals surface area contributed by atoms with Crippen molar-refractivity contribution in [3.63, 3.8) is 0 Å². The molecule has 0 amide bonds. The van der Waals surface area contributed by atoms with Gasteiger partial charge < -0.3 is 11.5 Å². The van der Waals surface area contributed by atoms with Crippen LogP contribution >= 0.6 is 11.3 Å². The first-order valence-electron chi connectivity index (χ1n) is 5.97. The van der Waals surface area contributed by atoms with Crippen molar-refractivity contribution in [1.29, 1.82) is 0 Å². The molecular formula is C14H10F3N3S. The average Bonchev–Trinajstić information content (AvgIpc) is 2.79. The van der Waals surface area contributed by atoms with Crippen LogP contribution in [0.25, 0.3) is 20.8 Å². The van der Waals surface area contributed by atoms with Crippen LogP contribution in [0, 0.1) is 0 Å². The van der Waals surface area contributed by atoms with Crippen LogP contribution in [-0.2, 0) is 6.18 Å². The summed E-state index contributed by atoms with van der Waals surface area (Å²) in [5, 5.41) is 0.586. The molecule has 1 aromatic heterocycles. The number of alkyl halides is 3. The molecule has 0 fully saturated rings. The van der Waals surface area contributed by atoms with Gasteiger partial charge in [-0.2, -0.15) is 13.2 Å². The molecule has 0 bridgehead atoms. The highest BCUT2D eigenvalue weighted by atomic mass is 32.1. The minimum atomic E-state index is -4.38. The van der Waals surface area contributed by atoms with Gasteiger partial charge in [-0.05, 0) is 36.4 Å². The number of halogens is 3. The van der Waals surface area contributed by atoms with E-state index >= 15 is 0 Å². The molecule has 0 atom stereocenters. The Bertz CT molecular complexity index is 804. The van der Waals surface area contributed by atoms with Crippen molar-refractivity contribution in [2.45, 2.75) is 6.18 Å². The van der Waals surface area contributed by atoms with Crippen LogP contribution in [0.15, 0.2) is 36.4 Å². The Labute approximate surface area is 122 Å². The van der Waals surface area contributed by atoms with Crippen LogP contribution < -0.4 is 11.5 Å². The molecule has 1 heterocycles. The van der Waals surface area contributed by atoms with Gasteiger partial charge in [0.25, 0.3) is 0 Å². The summed E-state index contributed by atoms with van der Waals surface area (Å²) in [5.41, 5.74) is 12.7. The smallest absolute Gasteiger partial charge is 0.399 e. The molecule has 0 spiro atoms. The molecule has 0 unspecified atom stereocenters. The van der Waals surface area contributed by atoms with E-state index in [-0.39, 0.29) is 0 Å². The third-order valence-corrected chi connectivity index (χ3v) is 4.02. The van der Waals surface area contributed by atoms with Gasteiger partial charge in [-0.3, -0.25) is 0 Å². The molecule has 3 aromatic rings. The number of nitrogens with zero attached hydrogens (tertiary/aromatic N) is 1. The van der Waals surface area contributed by atoms with E-state index in [4.69, 9.17) is 11.5 Å². The van der Waals surface area contributed by atoms with Crippen LogP contribution in [0.4, 0.5) is 24.5 Å². The van der Waals surface area contributed by atoms with Crippen LogP contribution in [0.1, 0.15) is 5.56 Å². The molecule has 7 heteroatoms. The highest BCUT2D eigenvalue weighted by Crippen LogP contribution is 2.36. The fraction of sp³-hybridized carbons (Fsp3) is 0.0714. The second-order valence-electron chi connectivity index (χ2n) is 4.59. The first kappa shape index (κ1) is 13.7. The van der Waals surface area contributed by atoms with Crippen LogP contribution in [0.5, 0.6) is 0 Å². The largest absolute Gasteiger partial charge is 0.416 e. The Kier molecular flexibility index (Phi) is 3.02. The van der Waals surface area contributed by atoms with E-state index in [1.807, 2.05) is 0 Å². The van der Waals surface area contributed by atoms with Crippen molar-refractivity contribution < 1.29 is 13.2 Å². The van der Waals surface area contributed by atoms with E-state index in [9.17, 15) is 13.2 Å². The summed E-state index contributed by atoms with van der Waals surface area (Å²) in [7, 11) is 0. The Balaban J connectivity index is 2.13. The lowest BCUT2D eigenvalue weighted by atomic mass is 10.2. The summed E-state index contributed by atoms with van der Waals surface area (Å²) >= 11 is 1.30. The van der Waals surface area contributed by atoms with Crippen molar-refractivity contribution >= 4 is 32.9 Å². The zero-order chi connectivity index (χ0) is 15.2. The van der Waals surface area contributed by atoms with E-state index in [2.05, 4.69) is 4.98 Å². The first-order chi connectivity index (χ1) is 9.83. The monoisotopic (exact) mass is 309 g/mol. The molecule has 3 nitrogen and oxygen atoms in total. The fourth-order valence-electron chi connectivity index (χ4n) is 2.03. The molecule has 3 rings (SSSR count). The van der Waals surface area contributed by atoms with Gasteiger partial charge in [0.15, 0.2) is 0 Å². The Morgan fingerprint density at radius 1 is 0.952 bits per heavy atom. The van der Waals surface area contributed by atoms with Crippen LogP contribution in [0.2, 0.25) is 0 Å². The summed E-state index contributed by atoms with van der Waals surface area (Å²) in [5.74, 6) is 0. The Hall–Kier alpha value is -2.28. The molecule has 0 aliphatic carbocycles. The normalized spacial score (nSPS) is 12.0. The Morgan fingerprint density at radius 2 is 1.62 bits per heavy atom. The standard InChI is InChI=1S/C14H10F3N3S/c15-14(16,17)8-1-2-12-11(5-8)20-13(21-12)7-3-9(18)6-10(19)4-7/h1-6H,18-19H2. The predicted octanol–water partition coefficient (Wildman–Crippen LogP) is 4.15. The highest BCUT2D eigenvalue weighted by molar-refractivity contribution is 7.21. The third kappa shape index (κ3) is 2.64. The topological polar surface area (TPSA) is 64.9 Å². The molecule has 0 radical (unpaired) electrons. The van der Waals surface area contributed by atoms with Gasteiger partial charge in [0.1, 0.15) is 5.01 Å². The second-order valence-corrected chi connectivity index (χ2v) is 5.62. The molecular weight excluding hydrogens is 299 g/mol. The summed E-state index contributed by atoms with van der Waals surface area (Å²) < 4.78 is 38.8. The summed E-state index contributed by atoms with van der Waals surface area (Å²) in [6.45, 7) is 0. The molecule has 0 saturated heterocycles. The number of rotatable bonds is 1. The van der Waals surface area contributed by atoms with Gasteiger partial charge in [-0.25, -0.2) is 4.98 Å². The molecule has 0 saturated carbocycles. The first-order valence-corrected chi connectivity index (χ1v) is 6.79. The Morgan fingerprint density at radius 3 is 2.24 bits per heavy atom. The number of nitrogen functional groups attached to an aromatic ring is 2. The van der Waals surface area contributed by atoms with Gasteiger partial charge >= 0.3 is 6.18 Å². The quantitative estimate of drug-likeness (QED) is 0.664. The molecule has 2 aromatic carbocycles. The summed E-state index contributed by atoms with van der Waals surface area (Å²) in [4.78, 5) is 4.25. The maximum absolute atomic E-state index is 12.7. The minimum absolute atomic E-state index is 0.311. The van der Waals surface area contributed by atoms with Crippen molar-refractivity contribution in [3.8, 4) is 10.6 Å². The molecule has 0 aliphatic heterocycles. The van der Waals surface area contributed by atoms with Gasteiger partial charge in [-0.1, -0.05) is 0 Å². The number of nitrogens with two attached hydrogens (primary N) is 2. The van der Waals surface area contributed by atoms with Gasteiger partial charge in [0.2, 0.25) is 0 Å². The van der Waals surface area contributed by atoms with E-state index in [1.165, 1.54) is 17.4 Å². The number of hydrogen-bond donors (Lipinski definition) is 2. The molecule has 108 valence electrons. The number of aromatic nitrogens is 1. The van der Waals surface area contributed by atoms with Crippen molar-refractivity contribution in [2.24, 2.45) is 0 Å². The zero-order valence-electron chi connectivity index (χ0n) is 10.6. The van der Waals surface area contributed by atoms with Crippen molar-refractivity contribution in [2.75, 3.05) is 11.5 Å². The number of anilines is 2. The van der Waals surface area contributed by atoms with Gasteiger partial charge in [0.05, 0.1) is 15.8 Å². The number of benzene rings is 2. The van der Waals surface area contributed by atoms with Crippen LogP contribution in [0.3, 0.4) is 0 Å². The van der Waals surface area contributed by atoms with Gasteiger partial charge in [-0.15, -0.1) is 11.3 Å². The van der Waals surface area contributed by atoms with Gasteiger partial charge in [0, 0.05) is 16.9 Å².